The number of nitrogens with two attached hydrogens (primary N) is 1. The van der Waals surface area contributed by atoms with Crippen LogP contribution in [-0.2, 0) is 0 Å². The van der Waals surface area contributed by atoms with Gasteiger partial charge in [-0.2, -0.15) is 0 Å². The minimum atomic E-state index is 0.558. The molecule has 0 unspecified atom stereocenters. The van der Waals surface area contributed by atoms with Crippen LogP contribution in [-0.4, -0.2) is 9.97 Å². The van der Waals surface area contributed by atoms with Crippen molar-refractivity contribution >= 4 is 16.7 Å². The Balaban J connectivity index is 2.94. The number of aryl methyl sites for hydroxylation is 2. The summed E-state index contributed by atoms with van der Waals surface area (Å²) in [6, 6.07) is 4.10. The van der Waals surface area contributed by atoms with E-state index in [1.54, 1.807) is 0 Å². The zero-order chi connectivity index (χ0) is 9.42. The molecule has 0 saturated heterocycles. The number of rotatable bonds is 0. The average molecular weight is 173 g/mol. The molecule has 0 atom stereocenters. The lowest BCUT2D eigenvalue weighted by Crippen LogP contribution is -1.95. The van der Waals surface area contributed by atoms with Gasteiger partial charge in [0.1, 0.15) is 12.1 Å². The molecule has 0 saturated carbocycles. The molecule has 0 aliphatic carbocycles. The zero-order valence-electron chi connectivity index (χ0n) is 7.70. The molecule has 2 rings (SSSR count). The normalized spacial score (nSPS) is 10.6. The lowest BCUT2D eigenvalue weighted by atomic mass is 10.1. The summed E-state index contributed by atoms with van der Waals surface area (Å²) in [6.45, 7) is 4.07. The molecule has 13 heavy (non-hydrogen) atoms. The lowest BCUT2D eigenvalue weighted by Gasteiger charge is -2.04. The molecule has 1 heterocycles. The SMILES string of the molecule is Cc1cc(C)c2c(N)ncnc2c1. The fraction of sp³-hybridized carbons (Fsp3) is 0.200. The van der Waals surface area contributed by atoms with Gasteiger partial charge in [0.05, 0.1) is 5.52 Å². The number of aromatic nitrogens is 2. The number of nitrogens with zero attached hydrogens (tertiary/aromatic N) is 2. The van der Waals surface area contributed by atoms with Crippen LogP contribution in [0, 0.1) is 13.8 Å². The van der Waals surface area contributed by atoms with E-state index in [9.17, 15) is 0 Å². The number of anilines is 1. The Morgan fingerprint density at radius 1 is 1.15 bits per heavy atom. The van der Waals surface area contributed by atoms with E-state index in [-0.39, 0.29) is 0 Å². The number of hydrogen-bond donors (Lipinski definition) is 1. The summed E-state index contributed by atoms with van der Waals surface area (Å²) < 4.78 is 0. The highest BCUT2D eigenvalue weighted by molar-refractivity contribution is 5.91. The average Bonchev–Trinajstić information content (AvgIpc) is 2.02. The first-order chi connectivity index (χ1) is 6.18. The summed E-state index contributed by atoms with van der Waals surface area (Å²) in [7, 11) is 0. The van der Waals surface area contributed by atoms with Crippen LogP contribution in [0.25, 0.3) is 10.9 Å². The fourth-order valence-corrected chi connectivity index (χ4v) is 1.60. The molecule has 2 N–H and O–H groups in total. The lowest BCUT2D eigenvalue weighted by molar-refractivity contribution is 1.22. The van der Waals surface area contributed by atoms with E-state index >= 15 is 0 Å². The maximum Gasteiger partial charge on any atom is 0.134 e. The first kappa shape index (κ1) is 7.98. The van der Waals surface area contributed by atoms with Gasteiger partial charge in [0.15, 0.2) is 0 Å². The van der Waals surface area contributed by atoms with Crippen LogP contribution < -0.4 is 5.73 Å². The van der Waals surface area contributed by atoms with Gasteiger partial charge in [-0.1, -0.05) is 6.07 Å². The van der Waals surface area contributed by atoms with Crippen molar-refractivity contribution < 1.29 is 0 Å². The summed E-state index contributed by atoms with van der Waals surface area (Å²) in [6.07, 6.45) is 1.50. The second kappa shape index (κ2) is 2.69. The largest absolute Gasteiger partial charge is 0.383 e. The van der Waals surface area contributed by atoms with Crippen molar-refractivity contribution in [3.63, 3.8) is 0 Å². The van der Waals surface area contributed by atoms with Crippen LogP contribution in [0.2, 0.25) is 0 Å². The van der Waals surface area contributed by atoms with E-state index in [1.165, 1.54) is 11.9 Å². The highest BCUT2D eigenvalue weighted by Gasteiger charge is 2.03. The van der Waals surface area contributed by atoms with E-state index in [2.05, 4.69) is 16.0 Å². The van der Waals surface area contributed by atoms with E-state index < -0.39 is 0 Å². The summed E-state index contributed by atoms with van der Waals surface area (Å²) in [5.41, 5.74) is 9.01. The number of fused-ring (bicyclic) bond motifs is 1. The summed E-state index contributed by atoms with van der Waals surface area (Å²) in [5, 5.41) is 0.966. The molecule has 1 aromatic heterocycles. The predicted octanol–water partition coefficient (Wildman–Crippen LogP) is 1.83. The molecule has 0 aliphatic heterocycles. The van der Waals surface area contributed by atoms with Crippen LogP contribution in [0.4, 0.5) is 5.82 Å². The van der Waals surface area contributed by atoms with E-state index in [0.29, 0.717) is 5.82 Å². The summed E-state index contributed by atoms with van der Waals surface area (Å²) in [5.74, 6) is 0.558. The Hall–Kier alpha value is -1.64. The van der Waals surface area contributed by atoms with Crippen LogP contribution >= 0.6 is 0 Å². The Morgan fingerprint density at radius 3 is 2.69 bits per heavy atom. The molecule has 66 valence electrons. The molecule has 0 bridgehead atoms. The predicted molar refractivity (Wildman–Crippen MR) is 53.4 cm³/mol. The van der Waals surface area contributed by atoms with Gasteiger partial charge < -0.3 is 5.73 Å². The van der Waals surface area contributed by atoms with Crippen molar-refractivity contribution in [2.24, 2.45) is 0 Å². The highest BCUT2D eigenvalue weighted by atomic mass is 14.9. The first-order valence-electron chi connectivity index (χ1n) is 4.16. The minimum Gasteiger partial charge on any atom is -0.383 e. The second-order valence-electron chi connectivity index (χ2n) is 3.23. The monoisotopic (exact) mass is 173 g/mol. The Labute approximate surface area is 76.6 Å². The van der Waals surface area contributed by atoms with Gasteiger partial charge in [-0.05, 0) is 31.0 Å². The van der Waals surface area contributed by atoms with Crippen molar-refractivity contribution in [2.45, 2.75) is 13.8 Å². The topological polar surface area (TPSA) is 51.8 Å². The molecule has 0 aliphatic rings. The number of benzene rings is 1. The third kappa shape index (κ3) is 1.22. The van der Waals surface area contributed by atoms with Gasteiger partial charge in [-0.15, -0.1) is 0 Å². The third-order valence-electron chi connectivity index (χ3n) is 2.11. The third-order valence-corrected chi connectivity index (χ3v) is 2.11. The molecule has 2 aromatic rings. The molecule has 3 heteroatoms. The van der Waals surface area contributed by atoms with Crippen molar-refractivity contribution in [3.05, 3.63) is 29.6 Å². The van der Waals surface area contributed by atoms with Gasteiger partial charge in [-0.3, -0.25) is 0 Å². The molecular formula is C10H11N3. The van der Waals surface area contributed by atoms with Gasteiger partial charge in [0.2, 0.25) is 0 Å². The zero-order valence-corrected chi connectivity index (χ0v) is 7.70. The minimum absolute atomic E-state index is 0.558. The van der Waals surface area contributed by atoms with Crippen LogP contribution in [0.15, 0.2) is 18.5 Å². The van der Waals surface area contributed by atoms with Crippen molar-refractivity contribution in [1.29, 1.82) is 0 Å². The smallest absolute Gasteiger partial charge is 0.134 e. The van der Waals surface area contributed by atoms with E-state index in [0.717, 1.165) is 16.5 Å². The molecule has 0 spiro atoms. The highest BCUT2D eigenvalue weighted by Crippen LogP contribution is 2.21. The number of nitrogen functional groups attached to an aromatic ring is 1. The second-order valence-corrected chi connectivity index (χ2v) is 3.23. The molecule has 0 radical (unpaired) electrons. The molecule has 3 nitrogen and oxygen atoms in total. The maximum atomic E-state index is 5.76. The quantitative estimate of drug-likeness (QED) is 0.661. The Kier molecular flexibility index (Phi) is 1.65. The maximum absolute atomic E-state index is 5.76. The van der Waals surface area contributed by atoms with Gasteiger partial charge in [0.25, 0.3) is 0 Å². The standard InChI is InChI=1S/C10H11N3/c1-6-3-7(2)9-8(4-6)12-5-13-10(9)11/h3-5H,1-2H3,(H2,11,12,13). The molecule has 0 fully saturated rings. The van der Waals surface area contributed by atoms with Gasteiger partial charge in [0, 0.05) is 5.39 Å². The van der Waals surface area contributed by atoms with Crippen molar-refractivity contribution in [3.8, 4) is 0 Å². The fourth-order valence-electron chi connectivity index (χ4n) is 1.60. The Morgan fingerprint density at radius 2 is 1.92 bits per heavy atom. The van der Waals surface area contributed by atoms with Gasteiger partial charge in [-0.25, -0.2) is 9.97 Å². The molecule has 1 aromatic carbocycles. The first-order valence-corrected chi connectivity index (χ1v) is 4.16. The Bertz CT molecular complexity index is 463. The van der Waals surface area contributed by atoms with Crippen LogP contribution in [0.3, 0.4) is 0 Å². The van der Waals surface area contributed by atoms with E-state index in [4.69, 9.17) is 5.73 Å². The van der Waals surface area contributed by atoms with E-state index in [1.807, 2.05) is 19.9 Å². The van der Waals surface area contributed by atoms with Crippen molar-refractivity contribution in [1.82, 2.24) is 9.97 Å². The van der Waals surface area contributed by atoms with Gasteiger partial charge >= 0.3 is 0 Å². The van der Waals surface area contributed by atoms with Crippen LogP contribution in [0.5, 0.6) is 0 Å². The summed E-state index contributed by atoms with van der Waals surface area (Å²) >= 11 is 0. The van der Waals surface area contributed by atoms with Crippen LogP contribution in [0.1, 0.15) is 11.1 Å². The van der Waals surface area contributed by atoms with Crippen molar-refractivity contribution in [2.75, 3.05) is 5.73 Å². The molecular weight excluding hydrogens is 162 g/mol. The summed E-state index contributed by atoms with van der Waals surface area (Å²) in [4.78, 5) is 8.14. The number of hydrogen-bond acceptors (Lipinski definition) is 3. The molecule has 0 amide bonds.